The van der Waals surface area contributed by atoms with Crippen LogP contribution in [0.15, 0.2) is 66.1 Å². The zero-order chi connectivity index (χ0) is 23.8. The minimum atomic E-state index is -4.39. The number of sulfone groups is 1. The van der Waals surface area contributed by atoms with Gasteiger partial charge in [0.05, 0.1) is 28.0 Å². The van der Waals surface area contributed by atoms with Crippen LogP contribution >= 0.6 is 0 Å². The predicted molar refractivity (Wildman–Crippen MR) is 116 cm³/mol. The number of nitrogens with zero attached hydrogens (tertiary/aromatic N) is 4. The third kappa shape index (κ3) is 4.87. The van der Waals surface area contributed by atoms with Crippen molar-refractivity contribution in [2.24, 2.45) is 0 Å². The molecule has 0 aliphatic carbocycles. The van der Waals surface area contributed by atoms with Gasteiger partial charge in [-0.25, -0.2) is 13.4 Å². The maximum absolute atomic E-state index is 13.3. The minimum Gasteiger partial charge on any atom is -0.368 e. The first-order valence-electron chi connectivity index (χ1n) is 10.1. The Hall–Kier alpha value is -3.34. The molecule has 3 aromatic rings. The van der Waals surface area contributed by atoms with Crippen LogP contribution in [0.25, 0.3) is 5.69 Å². The quantitative estimate of drug-likeness (QED) is 0.576. The largest absolute Gasteiger partial charge is 0.416 e. The zero-order valence-electron chi connectivity index (χ0n) is 17.7. The number of carbonyl (C=O) groups excluding carboxylic acids is 1. The monoisotopic (exact) mass is 478 g/mol. The third-order valence-corrected chi connectivity index (χ3v) is 6.65. The van der Waals surface area contributed by atoms with Crippen LogP contribution in [0.1, 0.15) is 15.9 Å². The van der Waals surface area contributed by atoms with E-state index in [0.29, 0.717) is 37.6 Å². The van der Waals surface area contributed by atoms with Gasteiger partial charge in [0.1, 0.15) is 0 Å². The summed E-state index contributed by atoms with van der Waals surface area (Å²) in [6, 6.07) is 9.32. The number of alkyl halides is 3. The molecule has 1 saturated heterocycles. The smallest absolute Gasteiger partial charge is 0.368 e. The Bertz CT molecular complexity index is 1250. The number of rotatable bonds is 4. The molecule has 0 unspecified atom stereocenters. The first-order valence-corrected chi connectivity index (χ1v) is 12.0. The summed E-state index contributed by atoms with van der Waals surface area (Å²) < 4.78 is 64.1. The maximum Gasteiger partial charge on any atom is 0.416 e. The Labute approximate surface area is 189 Å². The van der Waals surface area contributed by atoms with Gasteiger partial charge >= 0.3 is 6.18 Å². The van der Waals surface area contributed by atoms with Gasteiger partial charge < -0.3 is 14.4 Å². The van der Waals surface area contributed by atoms with Gasteiger partial charge in [-0.1, -0.05) is 0 Å². The molecular formula is C22H21F3N4O3S. The van der Waals surface area contributed by atoms with Crippen molar-refractivity contribution >= 4 is 21.4 Å². The molecular weight excluding hydrogens is 457 g/mol. The molecule has 11 heteroatoms. The van der Waals surface area contributed by atoms with Gasteiger partial charge in [0.15, 0.2) is 9.84 Å². The fourth-order valence-corrected chi connectivity index (χ4v) is 4.39. The highest BCUT2D eigenvalue weighted by atomic mass is 32.2. The lowest BCUT2D eigenvalue weighted by atomic mass is 10.1. The minimum absolute atomic E-state index is 0.0399. The van der Waals surface area contributed by atoms with Crippen LogP contribution in [0, 0.1) is 0 Å². The van der Waals surface area contributed by atoms with Crippen LogP contribution in [0.2, 0.25) is 0 Å². The van der Waals surface area contributed by atoms with E-state index in [0.717, 1.165) is 18.4 Å². The number of hydrogen-bond donors (Lipinski definition) is 0. The van der Waals surface area contributed by atoms with Gasteiger partial charge in [0.2, 0.25) is 0 Å². The van der Waals surface area contributed by atoms with Crippen molar-refractivity contribution in [2.75, 3.05) is 37.3 Å². The number of imidazole rings is 1. The van der Waals surface area contributed by atoms with Crippen molar-refractivity contribution in [1.29, 1.82) is 0 Å². The van der Waals surface area contributed by atoms with Crippen LogP contribution in [-0.4, -0.2) is 61.2 Å². The number of amides is 1. The van der Waals surface area contributed by atoms with E-state index in [-0.39, 0.29) is 16.4 Å². The van der Waals surface area contributed by atoms with Crippen LogP contribution < -0.4 is 4.90 Å². The lowest BCUT2D eigenvalue weighted by Gasteiger charge is -2.36. The van der Waals surface area contributed by atoms with Gasteiger partial charge in [-0.3, -0.25) is 4.79 Å². The molecule has 0 radical (unpaired) electrons. The molecule has 2 aromatic carbocycles. The average Bonchev–Trinajstić information content (AvgIpc) is 3.32. The van der Waals surface area contributed by atoms with Gasteiger partial charge in [-0.15, -0.1) is 0 Å². The van der Waals surface area contributed by atoms with Crippen LogP contribution in [0.4, 0.5) is 18.9 Å². The molecule has 1 aliphatic heterocycles. The molecule has 1 aromatic heterocycles. The molecule has 33 heavy (non-hydrogen) atoms. The summed E-state index contributed by atoms with van der Waals surface area (Å²) in [5.74, 6) is -0.323. The molecule has 1 aliphatic rings. The van der Waals surface area contributed by atoms with Gasteiger partial charge in [-0.05, 0) is 42.5 Å². The van der Waals surface area contributed by atoms with Gasteiger partial charge in [-0.2, -0.15) is 13.2 Å². The third-order valence-electron chi connectivity index (χ3n) is 5.54. The van der Waals surface area contributed by atoms with Crippen molar-refractivity contribution in [3.63, 3.8) is 0 Å². The van der Waals surface area contributed by atoms with E-state index in [1.54, 1.807) is 27.9 Å². The molecule has 7 nitrogen and oxygen atoms in total. The van der Waals surface area contributed by atoms with Crippen molar-refractivity contribution in [3.8, 4) is 5.69 Å². The average molecular weight is 478 g/mol. The first kappa shape index (κ1) is 22.8. The Morgan fingerprint density at radius 2 is 1.67 bits per heavy atom. The SMILES string of the molecule is CS(=O)(=O)c1ccc(-n2ccnc2)c(C(=O)N2CCN(c3ccc(C(F)(F)F)cc3)CC2)c1. The second-order valence-electron chi connectivity index (χ2n) is 7.74. The molecule has 0 N–H and O–H groups in total. The number of hydrogen-bond acceptors (Lipinski definition) is 5. The molecule has 0 spiro atoms. The number of aromatic nitrogens is 2. The fraction of sp³-hybridized carbons (Fsp3) is 0.273. The predicted octanol–water partition coefficient (Wildman–Crippen LogP) is 3.26. The van der Waals surface area contributed by atoms with Crippen molar-refractivity contribution < 1.29 is 26.4 Å². The van der Waals surface area contributed by atoms with E-state index in [2.05, 4.69) is 4.98 Å². The number of piperazine rings is 1. The molecule has 0 saturated carbocycles. The number of carbonyl (C=O) groups is 1. The summed E-state index contributed by atoms with van der Waals surface area (Å²) in [7, 11) is -3.52. The fourth-order valence-electron chi connectivity index (χ4n) is 3.74. The van der Waals surface area contributed by atoms with E-state index >= 15 is 0 Å². The van der Waals surface area contributed by atoms with Crippen LogP contribution in [-0.2, 0) is 16.0 Å². The molecule has 1 fully saturated rings. The Morgan fingerprint density at radius 3 is 2.21 bits per heavy atom. The molecule has 0 atom stereocenters. The van der Waals surface area contributed by atoms with E-state index in [4.69, 9.17) is 0 Å². The number of benzene rings is 2. The lowest BCUT2D eigenvalue weighted by Crippen LogP contribution is -2.49. The second kappa shape index (κ2) is 8.54. The normalized spacial score (nSPS) is 15.0. The van der Waals surface area contributed by atoms with Crippen molar-refractivity contribution in [2.45, 2.75) is 11.1 Å². The molecule has 0 bridgehead atoms. The Kier molecular flexibility index (Phi) is 5.91. The molecule has 1 amide bonds. The Morgan fingerprint density at radius 1 is 1.00 bits per heavy atom. The van der Waals surface area contributed by atoms with Crippen LogP contribution in [0.5, 0.6) is 0 Å². The number of halogens is 3. The van der Waals surface area contributed by atoms with Crippen molar-refractivity contribution in [3.05, 3.63) is 72.3 Å². The first-order chi connectivity index (χ1) is 15.5. The summed E-state index contributed by atoms with van der Waals surface area (Å²) in [6.45, 7) is 1.55. The van der Waals surface area contributed by atoms with Crippen molar-refractivity contribution in [1.82, 2.24) is 14.5 Å². The van der Waals surface area contributed by atoms with Gasteiger partial charge in [0, 0.05) is 50.5 Å². The highest BCUT2D eigenvalue weighted by Gasteiger charge is 2.31. The van der Waals surface area contributed by atoms with E-state index < -0.39 is 21.6 Å². The Balaban J connectivity index is 1.54. The van der Waals surface area contributed by atoms with Crippen LogP contribution in [0.3, 0.4) is 0 Å². The highest BCUT2D eigenvalue weighted by molar-refractivity contribution is 7.90. The second-order valence-corrected chi connectivity index (χ2v) is 9.76. The van der Waals surface area contributed by atoms with E-state index in [9.17, 15) is 26.4 Å². The summed E-state index contributed by atoms with van der Waals surface area (Å²) >= 11 is 0. The molecule has 2 heterocycles. The maximum atomic E-state index is 13.3. The summed E-state index contributed by atoms with van der Waals surface area (Å²) in [6.07, 6.45) is 1.43. The summed E-state index contributed by atoms with van der Waals surface area (Å²) in [5, 5.41) is 0. The van der Waals surface area contributed by atoms with E-state index in [1.165, 1.54) is 30.6 Å². The topological polar surface area (TPSA) is 75.5 Å². The molecule has 174 valence electrons. The van der Waals surface area contributed by atoms with Gasteiger partial charge in [0.25, 0.3) is 5.91 Å². The number of anilines is 1. The molecule has 4 rings (SSSR count). The zero-order valence-corrected chi connectivity index (χ0v) is 18.5. The highest BCUT2D eigenvalue weighted by Crippen LogP contribution is 2.31. The summed E-state index contributed by atoms with van der Waals surface area (Å²) in [4.78, 5) is 20.9. The standard InChI is InChI=1S/C22H21F3N4O3S/c1-33(31,32)18-6-7-20(29-9-8-26-15-29)19(14-18)21(30)28-12-10-27(11-13-28)17-4-2-16(3-5-17)22(23,24)25/h2-9,14-15H,10-13H2,1H3. The lowest BCUT2D eigenvalue weighted by molar-refractivity contribution is -0.137. The van der Waals surface area contributed by atoms with E-state index in [1.807, 2.05) is 4.90 Å². The summed E-state index contributed by atoms with van der Waals surface area (Å²) in [5.41, 5.74) is 0.681.